The number of likely N-dealkylation sites (N-methyl/N-ethyl adjacent to an activating group) is 1. The van der Waals surface area contributed by atoms with Gasteiger partial charge in [-0.2, -0.15) is 0 Å². The molecule has 7 heteroatoms. The maximum atomic E-state index is 12.6. The van der Waals surface area contributed by atoms with E-state index in [1.165, 1.54) is 6.92 Å². The van der Waals surface area contributed by atoms with Crippen LogP contribution in [-0.4, -0.2) is 60.9 Å². The minimum Gasteiger partial charge on any atom is -0.358 e. The Morgan fingerprint density at radius 3 is 2.33 bits per heavy atom. The average molecular weight is 338 g/mol. The first-order chi connectivity index (χ1) is 11.5. The maximum Gasteiger partial charge on any atom is 0.240 e. The molecule has 2 rings (SSSR count). The number of rotatable bonds is 6. The highest BCUT2D eigenvalue weighted by Crippen LogP contribution is 2.38. The molecule has 1 saturated carbocycles. The van der Waals surface area contributed by atoms with E-state index in [4.69, 9.17) is 0 Å². The predicted molar refractivity (Wildman–Crippen MR) is 91.3 cm³/mol. The zero-order valence-corrected chi connectivity index (χ0v) is 14.8. The SMILES string of the molecule is CNC(=O)C1(N2CCCC2C(=O)NCCNC(C)=O)CCCCC1. The number of carbonyl (C=O) groups is 3. The fraction of sp³-hybridized carbons (Fsp3) is 0.824. The summed E-state index contributed by atoms with van der Waals surface area (Å²) in [5, 5.41) is 8.38. The highest BCUT2D eigenvalue weighted by atomic mass is 16.2. The van der Waals surface area contributed by atoms with Crippen molar-refractivity contribution in [3.8, 4) is 0 Å². The third kappa shape index (κ3) is 4.06. The van der Waals surface area contributed by atoms with Crippen LogP contribution in [-0.2, 0) is 14.4 Å². The van der Waals surface area contributed by atoms with Crippen LogP contribution >= 0.6 is 0 Å². The summed E-state index contributed by atoms with van der Waals surface area (Å²) in [5.74, 6) is -0.0978. The molecule has 3 amide bonds. The van der Waals surface area contributed by atoms with Gasteiger partial charge >= 0.3 is 0 Å². The number of likely N-dealkylation sites (tertiary alicyclic amines) is 1. The zero-order valence-electron chi connectivity index (χ0n) is 14.8. The summed E-state index contributed by atoms with van der Waals surface area (Å²) >= 11 is 0. The first kappa shape index (κ1) is 18.7. The molecule has 2 aliphatic rings. The molecule has 1 unspecified atom stereocenters. The topological polar surface area (TPSA) is 90.5 Å². The van der Waals surface area contributed by atoms with Crippen molar-refractivity contribution in [1.82, 2.24) is 20.9 Å². The number of amides is 3. The Labute approximate surface area is 143 Å². The molecular formula is C17H30N4O3. The van der Waals surface area contributed by atoms with E-state index in [0.717, 1.165) is 51.5 Å². The Hall–Kier alpha value is -1.63. The summed E-state index contributed by atoms with van der Waals surface area (Å²) in [6, 6.07) is -0.252. The molecule has 1 aliphatic heterocycles. The second-order valence-electron chi connectivity index (χ2n) is 6.80. The van der Waals surface area contributed by atoms with Crippen LogP contribution in [0.3, 0.4) is 0 Å². The molecule has 3 N–H and O–H groups in total. The minimum atomic E-state index is -0.539. The molecule has 1 heterocycles. The van der Waals surface area contributed by atoms with Gasteiger partial charge in [0.25, 0.3) is 0 Å². The summed E-state index contributed by atoms with van der Waals surface area (Å²) in [6.07, 6.45) is 6.57. The molecule has 24 heavy (non-hydrogen) atoms. The quantitative estimate of drug-likeness (QED) is 0.602. The molecule has 0 spiro atoms. The first-order valence-corrected chi connectivity index (χ1v) is 9.02. The molecule has 136 valence electrons. The van der Waals surface area contributed by atoms with Crippen molar-refractivity contribution in [3.05, 3.63) is 0 Å². The van der Waals surface area contributed by atoms with Crippen LogP contribution in [0.25, 0.3) is 0 Å². The fourth-order valence-corrected chi connectivity index (χ4v) is 4.11. The van der Waals surface area contributed by atoms with Gasteiger partial charge in [0.1, 0.15) is 5.54 Å². The van der Waals surface area contributed by atoms with E-state index in [0.29, 0.717) is 13.1 Å². The summed E-state index contributed by atoms with van der Waals surface area (Å²) in [7, 11) is 1.68. The van der Waals surface area contributed by atoms with Gasteiger partial charge in [-0.1, -0.05) is 19.3 Å². The number of nitrogens with zero attached hydrogens (tertiary/aromatic N) is 1. The Morgan fingerprint density at radius 2 is 1.71 bits per heavy atom. The lowest BCUT2D eigenvalue weighted by Gasteiger charge is -2.45. The summed E-state index contributed by atoms with van der Waals surface area (Å²) in [6.45, 7) is 3.08. The van der Waals surface area contributed by atoms with Crippen LogP contribution in [0, 0.1) is 0 Å². The number of nitrogens with one attached hydrogen (secondary N) is 3. The fourth-order valence-electron chi connectivity index (χ4n) is 4.11. The van der Waals surface area contributed by atoms with Gasteiger partial charge in [-0.3, -0.25) is 19.3 Å². The number of hydrogen-bond donors (Lipinski definition) is 3. The predicted octanol–water partition coefficient (Wildman–Crippen LogP) is 0.152. The monoisotopic (exact) mass is 338 g/mol. The van der Waals surface area contributed by atoms with E-state index < -0.39 is 5.54 Å². The molecule has 1 saturated heterocycles. The van der Waals surface area contributed by atoms with E-state index in [1.807, 2.05) is 0 Å². The van der Waals surface area contributed by atoms with Crippen LogP contribution in [0.15, 0.2) is 0 Å². The van der Waals surface area contributed by atoms with E-state index in [1.54, 1.807) is 7.05 Å². The van der Waals surface area contributed by atoms with Gasteiger partial charge in [0.15, 0.2) is 0 Å². The summed E-state index contributed by atoms with van der Waals surface area (Å²) in [4.78, 5) is 38.3. The normalized spacial score (nSPS) is 23.5. The first-order valence-electron chi connectivity index (χ1n) is 9.02. The van der Waals surface area contributed by atoms with E-state index in [9.17, 15) is 14.4 Å². The second kappa shape index (κ2) is 8.46. The van der Waals surface area contributed by atoms with Gasteiger partial charge in [-0.05, 0) is 25.7 Å². The molecule has 7 nitrogen and oxygen atoms in total. The van der Waals surface area contributed by atoms with Crippen molar-refractivity contribution in [2.24, 2.45) is 0 Å². The standard InChI is InChI=1S/C17H30N4O3/c1-13(22)19-10-11-20-15(23)14-7-6-12-21(14)17(16(24)18-2)8-4-3-5-9-17/h14H,3-12H2,1-2H3,(H,18,24)(H,19,22)(H,20,23). The van der Waals surface area contributed by atoms with Gasteiger partial charge in [-0.15, -0.1) is 0 Å². The lowest BCUT2D eigenvalue weighted by molar-refractivity contribution is -0.140. The molecule has 0 aromatic rings. The highest BCUT2D eigenvalue weighted by molar-refractivity contribution is 5.88. The van der Waals surface area contributed by atoms with Crippen LogP contribution in [0.5, 0.6) is 0 Å². The van der Waals surface area contributed by atoms with Gasteiger partial charge in [0.05, 0.1) is 6.04 Å². The van der Waals surface area contributed by atoms with Gasteiger partial charge in [0.2, 0.25) is 17.7 Å². The summed E-state index contributed by atoms with van der Waals surface area (Å²) in [5.41, 5.74) is -0.539. The van der Waals surface area contributed by atoms with Gasteiger partial charge in [-0.25, -0.2) is 0 Å². The Balaban J connectivity index is 2.03. The van der Waals surface area contributed by atoms with Crippen LogP contribution in [0.1, 0.15) is 51.9 Å². The molecule has 0 bridgehead atoms. The lowest BCUT2D eigenvalue weighted by Crippen LogP contribution is -2.63. The van der Waals surface area contributed by atoms with Crippen LogP contribution < -0.4 is 16.0 Å². The Kier molecular flexibility index (Phi) is 6.60. The van der Waals surface area contributed by atoms with E-state index in [-0.39, 0.29) is 23.8 Å². The maximum absolute atomic E-state index is 12.6. The molecule has 1 aliphatic carbocycles. The van der Waals surface area contributed by atoms with Crippen LogP contribution in [0.4, 0.5) is 0 Å². The minimum absolute atomic E-state index is 0.0355. The molecule has 1 atom stereocenters. The molecule has 0 aromatic heterocycles. The van der Waals surface area contributed by atoms with Crippen molar-refractivity contribution >= 4 is 17.7 Å². The highest BCUT2D eigenvalue weighted by Gasteiger charge is 2.49. The van der Waals surface area contributed by atoms with Gasteiger partial charge in [0, 0.05) is 33.6 Å². The van der Waals surface area contributed by atoms with Crippen molar-refractivity contribution in [2.45, 2.75) is 63.5 Å². The van der Waals surface area contributed by atoms with Crippen molar-refractivity contribution < 1.29 is 14.4 Å². The molecule has 0 radical (unpaired) electrons. The van der Waals surface area contributed by atoms with Crippen LogP contribution in [0.2, 0.25) is 0 Å². The zero-order chi connectivity index (χ0) is 17.6. The summed E-state index contributed by atoms with van der Waals surface area (Å²) < 4.78 is 0. The van der Waals surface area contributed by atoms with E-state index >= 15 is 0 Å². The third-order valence-electron chi connectivity index (χ3n) is 5.23. The average Bonchev–Trinajstić information content (AvgIpc) is 3.08. The number of carbonyl (C=O) groups excluding carboxylic acids is 3. The van der Waals surface area contributed by atoms with Crippen molar-refractivity contribution in [1.29, 1.82) is 0 Å². The third-order valence-corrected chi connectivity index (χ3v) is 5.23. The lowest BCUT2D eigenvalue weighted by atomic mass is 9.79. The van der Waals surface area contributed by atoms with Crippen molar-refractivity contribution in [2.75, 3.05) is 26.7 Å². The largest absolute Gasteiger partial charge is 0.358 e. The Bertz CT molecular complexity index is 474. The van der Waals surface area contributed by atoms with E-state index in [2.05, 4.69) is 20.9 Å². The Morgan fingerprint density at radius 1 is 1.04 bits per heavy atom. The smallest absolute Gasteiger partial charge is 0.240 e. The molecule has 2 fully saturated rings. The number of hydrogen-bond acceptors (Lipinski definition) is 4. The van der Waals surface area contributed by atoms with Gasteiger partial charge < -0.3 is 16.0 Å². The second-order valence-corrected chi connectivity index (χ2v) is 6.80. The molecular weight excluding hydrogens is 308 g/mol. The molecule has 0 aromatic carbocycles. The van der Waals surface area contributed by atoms with Crippen molar-refractivity contribution in [3.63, 3.8) is 0 Å².